The molecular weight excluding hydrogens is 442 g/mol. The maximum absolute atomic E-state index is 13.3. The molecule has 1 aromatic carbocycles. The van der Waals surface area contributed by atoms with Gasteiger partial charge in [0.1, 0.15) is 18.1 Å². The minimum Gasteiger partial charge on any atom is -0.484 e. The Hall–Kier alpha value is -3.30. The Morgan fingerprint density at radius 2 is 2.12 bits per heavy atom. The van der Waals surface area contributed by atoms with Gasteiger partial charge < -0.3 is 34.5 Å². The Kier molecular flexibility index (Phi) is 5.61. The van der Waals surface area contributed by atoms with E-state index in [9.17, 15) is 19.2 Å². The predicted octanol–water partition coefficient (Wildman–Crippen LogP) is 0.487. The number of piperidine rings is 1. The minimum absolute atomic E-state index is 0.0177. The number of nitrogens with zero attached hydrogens (tertiary/aromatic N) is 1. The lowest BCUT2D eigenvalue weighted by molar-refractivity contribution is -0.142. The monoisotopic (exact) mass is 471 g/mol. The van der Waals surface area contributed by atoms with Gasteiger partial charge in [-0.3, -0.25) is 14.4 Å². The molecule has 0 bridgehead atoms. The summed E-state index contributed by atoms with van der Waals surface area (Å²) >= 11 is 0. The van der Waals surface area contributed by atoms with E-state index in [4.69, 9.17) is 14.2 Å². The van der Waals surface area contributed by atoms with Gasteiger partial charge in [-0.25, -0.2) is 0 Å². The lowest BCUT2D eigenvalue weighted by Gasteiger charge is -2.31. The van der Waals surface area contributed by atoms with Crippen molar-refractivity contribution in [3.05, 3.63) is 18.2 Å². The second kappa shape index (κ2) is 8.48. The number of fused-ring (bicyclic) bond motifs is 2. The van der Waals surface area contributed by atoms with Crippen LogP contribution in [0.15, 0.2) is 18.2 Å². The third-order valence-corrected chi connectivity index (χ3v) is 7.70. The number of amides is 3. The predicted molar refractivity (Wildman–Crippen MR) is 118 cm³/mol. The van der Waals surface area contributed by atoms with Crippen LogP contribution in [0, 0.1) is 23.2 Å². The lowest BCUT2D eigenvalue weighted by atomic mass is 9.97. The molecule has 10 nitrogen and oxygen atoms in total. The van der Waals surface area contributed by atoms with Crippen LogP contribution in [0.2, 0.25) is 0 Å². The van der Waals surface area contributed by atoms with Crippen molar-refractivity contribution < 1.29 is 33.4 Å². The molecule has 2 N–H and O–H groups in total. The molecule has 0 radical (unpaired) electrons. The number of nitrogens with one attached hydrogen (secondary N) is 2. The second-order valence-electron chi connectivity index (χ2n) is 10.0. The molecule has 1 aromatic rings. The molecule has 3 amide bonds. The van der Waals surface area contributed by atoms with Crippen molar-refractivity contribution in [3.8, 4) is 17.2 Å². The zero-order chi connectivity index (χ0) is 24.0. The van der Waals surface area contributed by atoms with Gasteiger partial charge in [-0.05, 0) is 42.2 Å². The first-order chi connectivity index (χ1) is 16.3. The van der Waals surface area contributed by atoms with Gasteiger partial charge in [0.25, 0.3) is 5.91 Å². The van der Waals surface area contributed by atoms with Crippen LogP contribution >= 0.6 is 0 Å². The van der Waals surface area contributed by atoms with Crippen molar-refractivity contribution in [2.24, 2.45) is 23.2 Å². The first-order valence-corrected chi connectivity index (χ1v) is 11.6. The number of carbonyl (C=O) groups excluding carboxylic acids is 4. The maximum atomic E-state index is 13.3. The van der Waals surface area contributed by atoms with Crippen LogP contribution in [0.3, 0.4) is 0 Å². The van der Waals surface area contributed by atoms with Crippen LogP contribution in [0.1, 0.15) is 26.7 Å². The number of rotatable bonds is 8. The van der Waals surface area contributed by atoms with Gasteiger partial charge in [-0.1, -0.05) is 13.8 Å². The van der Waals surface area contributed by atoms with Gasteiger partial charge in [0.05, 0.1) is 6.04 Å². The molecule has 4 aliphatic rings. The van der Waals surface area contributed by atoms with Crippen molar-refractivity contribution in [3.63, 3.8) is 0 Å². The van der Waals surface area contributed by atoms with Crippen LogP contribution in [-0.4, -0.2) is 67.5 Å². The SMILES string of the molecule is CC1(C)[C@@H]2[C@@H](C(=O)N[C@H](C=O)C[C@@H]3CCNC3=O)N(C(=O)COc3ccc4c(c3)OCO4)C[C@@H]21. The summed E-state index contributed by atoms with van der Waals surface area (Å²) in [4.78, 5) is 51.4. The number of hydrogen-bond acceptors (Lipinski definition) is 7. The summed E-state index contributed by atoms with van der Waals surface area (Å²) in [7, 11) is 0. The Labute approximate surface area is 197 Å². The first-order valence-electron chi connectivity index (χ1n) is 11.6. The summed E-state index contributed by atoms with van der Waals surface area (Å²) in [5.74, 6) is 0.846. The standard InChI is InChI=1S/C24H29N3O7/c1-24(2)16-9-27(19(29)11-32-15-3-4-17-18(8-15)34-12-33-17)21(20(16)24)23(31)26-14(10-28)7-13-5-6-25-22(13)30/h3-4,8,10,13-14,16,20-21H,5-7,9,11-12H2,1-2H3,(H,25,30)(H,26,31)/t13-,14-,16-,20-,21-/m0/s1. The Balaban J connectivity index is 1.23. The maximum Gasteiger partial charge on any atom is 0.261 e. The van der Waals surface area contributed by atoms with Crippen LogP contribution in [0.25, 0.3) is 0 Å². The van der Waals surface area contributed by atoms with Gasteiger partial charge in [-0.15, -0.1) is 0 Å². The number of benzene rings is 1. The van der Waals surface area contributed by atoms with Gasteiger partial charge in [0.2, 0.25) is 18.6 Å². The van der Waals surface area contributed by atoms with E-state index in [0.717, 1.165) is 0 Å². The van der Waals surface area contributed by atoms with E-state index in [2.05, 4.69) is 24.5 Å². The number of carbonyl (C=O) groups is 4. The number of hydrogen-bond donors (Lipinski definition) is 2. The molecular formula is C24H29N3O7. The third-order valence-electron chi connectivity index (χ3n) is 7.70. The van der Waals surface area contributed by atoms with Gasteiger partial charge in [0.15, 0.2) is 18.1 Å². The average Bonchev–Trinajstić information content (AvgIpc) is 3.35. The quantitative estimate of drug-likeness (QED) is 0.529. The minimum atomic E-state index is -0.774. The molecule has 2 saturated heterocycles. The highest BCUT2D eigenvalue weighted by atomic mass is 16.7. The molecule has 0 spiro atoms. The largest absolute Gasteiger partial charge is 0.484 e. The fraction of sp³-hybridized carbons (Fsp3) is 0.583. The topological polar surface area (TPSA) is 123 Å². The molecule has 0 unspecified atom stereocenters. The normalized spacial score (nSPS) is 28.6. The van der Waals surface area contributed by atoms with Gasteiger partial charge in [0, 0.05) is 25.1 Å². The van der Waals surface area contributed by atoms with Crippen molar-refractivity contribution in [1.29, 1.82) is 0 Å². The van der Waals surface area contributed by atoms with Crippen molar-refractivity contribution >= 4 is 24.0 Å². The molecule has 3 fully saturated rings. The van der Waals surface area contributed by atoms with Crippen LogP contribution in [0.4, 0.5) is 0 Å². The molecule has 0 aromatic heterocycles. The second-order valence-corrected chi connectivity index (χ2v) is 10.0. The van der Waals surface area contributed by atoms with E-state index in [1.54, 1.807) is 23.1 Å². The summed E-state index contributed by atoms with van der Waals surface area (Å²) in [6, 6.07) is 3.63. The summed E-state index contributed by atoms with van der Waals surface area (Å²) in [6.07, 6.45) is 1.57. The van der Waals surface area contributed by atoms with Crippen LogP contribution in [0.5, 0.6) is 17.2 Å². The van der Waals surface area contributed by atoms with Gasteiger partial charge in [-0.2, -0.15) is 0 Å². The molecule has 34 heavy (non-hydrogen) atoms. The molecule has 5 rings (SSSR count). The highest BCUT2D eigenvalue weighted by Gasteiger charge is 2.69. The summed E-state index contributed by atoms with van der Waals surface area (Å²) in [5.41, 5.74) is -0.0566. The summed E-state index contributed by atoms with van der Waals surface area (Å²) < 4.78 is 16.3. The van der Waals surface area contributed by atoms with Gasteiger partial charge >= 0.3 is 0 Å². The van der Waals surface area contributed by atoms with Crippen molar-refractivity contribution in [1.82, 2.24) is 15.5 Å². The molecule has 3 aliphatic heterocycles. The number of aldehydes is 1. The van der Waals surface area contributed by atoms with Crippen molar-refractivity contribution in [2.45, 2.75) is 38.8 Å². The number of ether oxygens (including phenoxy) is 3. The smallest absolute Gasteiger partial charge is 0.261 e. The highest BCUT2D eigenvalue weighted by Crippen LogP contribution is 2.64. The molecule has 1 saturated carbocycles. The van der Waals surface area contributed by atoms with E-state index in [-0.39, 0.29) is 60.7 Å². The van der Waals surface area contributed by atoms with E-state index in [1.165, 1.54) is 0 Å². The lowest BCUT2D eigenvalue weighted by Crippen LogP contribution is -2.53. The number of likely N-dealkylation sites (tertiary alicyclic amines) is 1. The highest BCUT2D eigenvalue weighted by molar-refractivity contribution is 5.91. The van der Waals surface area contributed by atoms with E-state index in [1.807, 2.05) is 0 Å². The van der Waals surface area contributed by atoms with E-state index in [0.29, 0.717) is 43.0 Å². The van der Waals surface area contributed by atoms with Crippen LogP contribution < -0.4 is 24.8 Å². The third kappa shape index (κ3) is 3.95. The molecule has 3 heterocycles. The van der Waals surface area contributed by atoms with E-state index >= 15 is 0 Å². The van der Waals surface area contributed by atoms with E-state index < -0.39 is 12.1 Å². The molecule has 5 atom stereocenters. The Morgan fingerprint density at radius 1 is 1.32 bits per heavy atom. The summed E-state index contributed by atoms with van der Waals surface area (Å²) in [6.45, 7) is 5.16. The Morgan fingerprint density at radius 3 is 2.85 bits per heavy atom. The van der Waals surface area contributed by atoms with Crippen LogP contribution in [-0.2, 0) is 19.2 Å². The summed E-state index contributed by atoms with van der Waals surface area (Å²) in [5, 5.41) is 5.53. The fourth-order valence-corrected chi connectivity index (χ4v) is 5.63. The fourth-order valence-electron chi connectivity index (χ4n) is 5.63. The first kappa shape index (κ1) is 22.5. The zero-order valence-corrected chi connectivity index (χ0v) is 19.2. The zero-order valence-electron chi connectivity index (χ0n) is 19.2. The Bertz CT molecular complexity index is 1030. The molecule has 182 valence electrons. The van der Waals surface area contributed by atoms with Crippen molar-refractivity contribution in [2.75, 3.05) is 26.5 Å². The molecule has 10 heteroatoms. The molecule has 1 aliphatic carbocycles. The average molecular weight is 472 g/mol.